The Bertz CT molecular complexity index is 631. The lowest BCUT2D eigenvalue weighted by atomic mass is 10.0. The Hall–Kier alpha value is -2.24. The number of carbonyl (C=O) groups is 1. The van der Waals surface area contributed by atoms with Crippen LogP contribution in [0.4, 0.5) is 4.39 Å². The van der Waals surface area contributed by atoms with Gasteiger partial charge in [0.15, 0.2) is 0 Å². The highest BCUT2D eigenvalue weighted by Gasteiger charge is 2.14. The van der Waals surface area contributed by atoms with Crippen LogP contribution in [-0.2, 0) is 4.79 Å². The number of amides is 1. The molecule has 0 aliphatic carbocycles. The van der Waals surface area contributed by atoms with Gasteiger partial charge in [0.25, 0.3) is 0 Å². The molecule has 0 fully saturated rings. The predicted octanol–water partition coefficient (Wildman–Crippen LogP) is 2.88. The van der Waals surface area contributed by atoms with Crippen molar-refractivity contribution in [2.24, 2.45) is 0 Å². The number of aliphatic hydroxyl groups excluding tert-OH is 2. The van der Waals surface area contributed by atoms with Crippen LogP contribution in [0.1, 0.15) is 42.5 Å². The van der Waals surface area contributed by atoms with E-state index in [-0.39, 0.29) is 24.8 Å². The molecule has 2 aromatic carbocycles. The molecule has 4 nitrogen and oxygen atoms in total. The maximum atomic E-state index is 12.8. The third kappa shape index (κ3) is 5.44. The zero-order chi connectivity index (χ0) is 17.4. The lowest BCUT2D eigenvalue weighted by molar-refractivity contribution is -0.122. The smallest absolute Gasteiger partial charge is 0.220 e. The summed E-state index contributed by atoms with van der Waals surface area (Å²) >= 11 is 0. The van der Waals surface area contributed by atoms with Crippen molar-refractivity contribution in [2.45, 2.75) is 31.4 Å². The molecule has 0 bridgehead atoms. The molecule has 1 amide bonds. The summed E-state index contributed by atoms with van der Waals surface area (Å²) in [7, 11) is 0. The summed E-state index contributed by atoms with van der Waals surface area (Å²) in [6.45, 7) is -0.173. The third-order valence-corrected chi connectivity index (χ3v) is 3.86. The van der Waals surface area contributed by atoms with Crippen molar-refractivity contribution in [2.75, 3.05) is 6.61 Å². The standard InChI is InChI=1S/C19H22FNO3/c20-16-11-9-15(10-12-16)18(23)7-4-8-19(24)21-17(13-22)14-5-2-1-3-6-14/h1-3,5-6,9-12,17-18,22-23H,4,7-8,13H2,(H,21,24)/t17-,18?/m1/s1. The van der Waals surface area contributed by atoms with Gasteiger partial charge in [-0.15, -0.1) is 0 Å². The number of hydrogen-bond donors (Lipinski definition) is 3. The van der Waals surface area contributed by atoms with Crippen molar-refractivity contribution in [1.29, 1.82) is 0 Å². The van der Waals surface area contributed by atoms with Crippen LogP contribution in [0.5, 0.6) is 0 Å². The zero-order valence-electron chi connectivity index (χ0n) is 13.4. The van der Waals surface area contributed by atoms with Crippen LogP contribution in [0, 0.1) is 5.82 Å². The molecule has 24 heavy (non-hydrogen) atoms. The van der Waals surface area contributed by atoms with Crippen molar-refractivity contribution in [3.05, 3.63) is 71.5 Å². The molecule has 0 aliphatic rings. The van der Waals surface area contributed by atoms with Crippen LogP contribution in [0.2, 0.25) is 0 Å². The number of carbonyl (C=O) groups excluding carboxylic acids is 1. The molecule has 0 aliphatic heterocycles. The summed E-state index contributed by atoms with van der Waals surface area (Å²) in [6, 6.07) is 14.5. The Kier molecular flexibility index (Phi) is 6.90. The second-order valence-corrected chi connectivity index (χ2v) is 5.67. The molecular formula is C19H22FNO3. The average molecular weight is 331 g/mol. The van der Waals surface area contributed by atoms with Crippen molar-refractivity contribution in [3.63, 3.8) is 0 Å². The number of hydrogen-bond acceptors (Lipinski definition) is 3. The maximum Gasteiger partial charge on any atom is 0.220 e. The van der Waals surface area contributed by atoms with Crippen molar-refractivity contribution < 1.29 is 19.4 Å². The summed E-state index contributed by atoms with van der Waals surface area (Å²) in [5.74, 6) is -0.523. The van der Waals surface area contributed by atoms with Crippen molar-refractivity contribution >= 4 is 5.91 Å². The Morgan fingerprint density at radius 3 is 2.33 bits per heavy atom. The second kappa shape index (κ2) is 9.15. The lowest BCUT2D eigenvalue weighted by Gasteiger charge is -2.17. The minimum atomic E-state index is -0.721. The maximum absolute atomic E-state index is 12.8. The molecule has 128 valence electrons. The van der Waals surface area contributed by atoms with Crippen LogP contribution in [-0.4, -0.2) is 22.7 Å². The molecule has 0 heterocycles. The minimum absolute atomic E-state index is 0.173. The van der Waals surface area contributed by atoms with E-state index >= 15 is 0 Å². The van der Waals surface area contributed by atoms with Gasteiger partial charge in [-0.05, 0) is 36.1 Å². The molecule has 2 atom stereocenters. The van der Waals surface area contributed by atoms with Crippen molar-refractivity contribution in [1.82, 2.24) is 5.32 Å². The van der Waals surface area contributed by atoms with Crippen LogP contribution >= 0.6 is 0 Å². The first-order valence-electron chi connectivity index (χ1n) is 7.99. The molecule has 0 aromatic heterocycles. The SMILES string of the molecule is O=C(CCCC(O)c1ccc(F)cc1)N[C@H](CO)c1ccccc1. The number of nitrogens with one attached hydrogen (secondary N) is 1. The van der Waals surface area contributed by atoms with E-state index in [1.54, 1.807) is 0 Å². The van der Waals surface area contributed by atoms with E-state index in [1.165, 1.54) is 24.3 Å². The Balaban J connectivity index is 1.77. The quantitative estimate of drug-likeness (QED) is 0.697. The number of rotatable bonds is 8. The second-order valence-electron chi connectivity index (χ2n) is 5.67. The zero-order valence-corrected chi connectivity index (χ0v) is 13.4. The molecule has 5 heteroatoms. The topological polar surface area (TPSA) is 69.6 Å². The van der Waals surface area contributed by atoms with Gasteiger partial charge in [-0.2, -0.15) is 0 Å². The van der Waals surface area contributed by atoms with Gasteiger partial charge < -0.3 is 15.5 Å². The van der Waals surface area contributed by atoms with E-state index in [1.807, 2.05) is 30.3 Å². The molecule has 2 aromatic rings. The Morgan fingerprint density at radius 1 is 1.04 bits per heavy atom. The Morgan fingerprint density at radius 2 is 1.71 bits per heavy atom. The molecule has 0 saturated carbocycles. The fourth-order valence-corrected chi connectivity index (χ4v) is 2.49. The molecule has 2 rings (SSSR count). The minimum Gasteiger partial charge on any atom is -0.394 e. The summed E-state index contributed by atoms with van der Waals surface area (Å²) in [5.41, 5.74) is 1.48. The summed E-state index contributed by atoms with van der Waals surface area (Å²) in [6.07, 6.45) is 0.439. The molecule has 0 radical (unpaired) electrons. The molecule has 0 saturated heterocycles. The first-order chi connectivity index (χ1) is 11.6. The summed E-state index contributed by atoms with van der Waals surface area (Å²) in [5, 5.41) is 22.2. The van der Waals surface area contributed by atoms with Gasteiger partial charge in [-0.25, -0.2) is 4.39 Å². The van der Waals surface area contributed by atoms with E-state index in [0.717, 1.165) is 5.56 Å². The predicted molar refractivity (Wildman–Crippen MR) is 89.6 cm³/mol. The first kappa shape index (κ1) is 18.1. The number of halogens is 1. The van der Waals surface area contributed by atoms with Crippen LogP contribution in [0.15, 0.2) is 54.6 Å². The van der Waals surface area contributed by atoms with E-state index in [0.29, 0.717) is 18.4 Å². The summed E-state index contributed by atoms with van der Waals surface area (Å²) < 4.78 is 12.8. The highest BCUT2D eigenvalue weighted by atomic mass is 19.1. The van der Waals surface area contributed by atoms with E-state index < -0.39 is 12.1 Å². The highest BCUT2D eigenvalue weighted by molar-refractivity contribution is 5.76. The van der Waals surface area contributed by atoms with Crippen LogP contribution in [0.3, 0.4) is 0 Å². The number of aliphatic hydroxyl groups is 2. The largest absolute Gasteiger partial charge is 0.394 e. The normalized spacial score (nSPS) is 13.3. The van der Waals surface area contributed by atoms with Gasteiger partial charge in [-0.3, -0.25) is 4.79 Å². The average Bonchev–Trinajstić information content (AvgIpc) is 2.61. The molecular weight excluding hydrogens is 309 g/mol. The van der Waals surface area contributed by atoms with E-state index in [2.05, 4.69) is 5.32 Å². The monoisotopic (exact) mass is 331 g/mol. The highest BCUT2D eigenvalue weighted by Crippen LogP contribution is 2.19. The Labute approximate surface area is 141 Å². The van der Waals surface area contributed by atoms with Gasteiger partial charge in [0.05, 0.1) is 18.8 Å². The molecule has 0 spiro atoms. The lowest BCUT2D eigenvalue weighted by Crippen LogP contribution is -2.30. The summed E-state index contributed by atoms with van der Waals surface area (Å²) in [4.78, 5) is 12.0. The van der Waals surface area contributed by atoms with E-state index in [4.69, 9.17) is 0 Å². The number of benzene rings is 2. The van der Waals surface area contributed by atoms with Crippen LogP contribution in [0.25, 0.3) is 0 Å². The molecule has 1 unspecified atom stereocenters. The van der Waals surface area contributed by atoms with Gasteiger partial charge in [0.1, 0.15) is 5.82 Å². The van der Waals surface area contributed by atoms with Crippen LogP contribution < -0.4 is 5.32 Å². The van der Waals surface area contributed by atoms with Gasteiger partial charge in [-0.1, -0.05) is 42.5 Å². The third-order valence-electron chi connectivity index (χ3n) is 3.86. The van der Waals surface area contributed by atoms with Crippen molar-refractivity contribution in [3.8, 4) is 0 Å². The molecule has 3 N–H and O–H groups in total. The van der Waals surface area contributed by atoms with Gasteiger partial charge >= 0.3 is 0 Å². The van der Waals surface area contributed by atoms with Gasteiger partial charge in [0.2, 0.25) is 5.91 Å². The fourth-order valence-electron chi connectivity index (χ4n) is 2.49. The fraction of sp³-hybridized carbons (Fsp3) is 0.316. The van der Waals surface area contributed by atoms with E-state index in [9.17, 15) is 19.4 Å². The van der Waals surface area contributed by atoms with Gasteiger partial charge in [0, 0.05) is 6.42 Å². The first-order valence-corrected chi connectivity index (χ1v) is 7.99.